The molecule has 4 N–H and O–H groups in total. The van der Waals surface area contributed by atoms with E-state index in [0.29, 0.717) is 17.8 Å². The molecule has 2 aromatic rings. The number of hydrogen-bond donors (Lipinski definition) is 2. The van der Waals surface area contributed by atoms with Crippen molar-refractivity contribution in [3.63, 3.8) is 0 Å². The number of benzene rings is 1. The zero-order chi connectivity index (χ0) is 15.6. The zero-order valence-electron chi connectivity index (χ0n) is 12.6. The molecule has 0 aliphatic heterocycles. The molecular formula is C15H21N5O. The zero-order valence-corrected chi connectivity index (χ0v) is 12.6. The Bertz CT molecular complexity index is 645. The molecule has 1 aromatic heterocycles. The van der Waals surface area contributed by atoms with E-state index < -0.39 is 5.91 Å². The van der Waals surface area contributed by atoms with Crippen LogP contribution in [0.5, 0.6) is 0 Å². The number of amides is 1. The molecule has 21 heavy (non-hydrogen) atoms. The summed E-state index contributed by atoms with van der Waals surface area (Å²) in [5.41, 5.74) is 14.2. The Morgan fingerprint density at radius 2 is 1.95 bits per heavy atom. The van der Waals surface area contributed by atoms with E-state index in [9.17, 15) is 4.79 Å². The van der Waals surface area contributed by atoms with Crippen LogP contribution in [0.4, 0.5) is 11.5 Å². The van der Waals surface area contributed by atoms with Crippen LogP contribution in [-0.4, -0.2) is 22.2 Å². The number of aromatic nitrogens is 2. The van der Waals surface area contributed by atoms with Crippen LogP contribution in [0.25, 0.3) is 0 Å². The van der Waals surface area contributed by atoms with Gasteiger partial charge in [0, 0.05) is 25.8 Å². The third kappa shape index (κ3) is 2.99. The quantitative estimate of drug-likeness (QED) is 0.814. The first-order valence-electron chi connectivity index (χ1n) is 6.86. The lowest BCUT2D eigenvalue weighted by Gasteiger charge is -2.24. The van der Waals surface area contributed by atoms with Gasteiger partial charge in [-0.2, -0.15) is 5.10 Å². The number of rotatable bonds is 5. The predicted octanol–water partition coefficient (Wildman–Crippen LogP) is 1.44. The van der Waals surface area contributed by atoms with E-state index in [-0.39, 0.29) is 0 Å². The van der Waals surface area contributed by atoms with E-state index in [1.807, 2.05) is 38.2 Å². The minimum Gasteiger partial charge on any atom is -0.399 e. The molecule has 1 amide bonds. The van der Waals surface area contributed by atoms with Gasteiger partial charge in [-0.15, -0.1) is 0 Å². The van der Waals surface area contributed by atoms with Crippen molar-refractivity contribution in [3.8, 4) is 0 Å². The Balaban J connectivity index is 2.38. The predicted molar refractivity (Wildman–Crippen MR) is 84.0 cm³/mol. The summed E-state index contributed by atoms with van der Waals surface area (Å²) in [4.78, 5) is 13.8. The lowest BCUT2D eigenvalue weighted by Crippen LogP contribution is -2.27. The maximum atomic E-state index is 11.7. The molecule has 6 heteroatoms. The molecule has 0 atom stereocenters. The minimum atomic E-state index is -0.452. The van der Waals surface area contributed by atoms with Crippen molar-refractivity contribution < 1.29 is 4.79 Å². The molecule has 112 valence electrons. The first-order valence-corrected chi connectivity index (χ1v) is 6.86. The van der Waals surface area contributed by atoms with Crippen LogP contribution in [0.2, 0.25) is 0 Å². The first kappa shape index (κ1) is 14.9. The van der Waals surface area contributed by atoms with Gasteiger partial charge in [-0.1, -0.05) is 12.1 Å². The lowest BCUT2D eigenvalue weighted by molar-refractivity contribution is 0.1000. The fourth-order valence-electron chi connectivity index (χ4n) is 2.48. The van der Waals surface area contributed by atoms with Crippen LogP contribution in [0.1, 0.15) is 28.5 Å². The average Bonchev–Trinajstić information content (AvgIpc) is 2.73. The summed E-state index contributed by atoms with van der Waals surface area (Å²) in [5.74, 6) is 0.297. The van der Waals surface area contributed by atoms with Crippen molar-refractivity contribution in [2.45, 2.75) is 20.4 Å². The van der Waals surface area contributed by atoms with E-state index >= 15 is 0 Å². The third-order valence-corrected chi connectivity index (χ3v) is 3.47. The Labute approximate surface area is 124 Å². The van der Waals surface area contributed by atoms with Crippen LogP contribution in [0, 0.1) is 6.92 Å². The van der Waals surface area contributed by atoms with Gasteiger partial charge in [0.05, 0.1) is 5.69 Å². The lowest BCUT2D eigenvalue weighted by atomic mass is 10.1. The summed E-state index contributed by atoms with van der Waals surface area (Å²) in [7, 11) is 1.82. The number of aryl methyl sites for hydroxylation is 2. The van der Waals surface area contributed by atoms with Gasteiger partial charge in [0.1, 0.15) is 11.4 Å². The highest BCUT2D eigenvalue weighted by Gasteiger charge is 2.22. The maximum absolute atomic E-state index is 11.7. The second-order valence-electron chi connectivity index (χ2n) is 5.03. The number of nitrogens with two attached hydrogens (primary N) is 2. The SMILES string of the molecule is CCN(Cc1ccc(N)cc1)c1c(C(N)=O)c(C)nn1C. The monoisotopic (exact) mass is 287 g/mol. The fourth-order valence-corrected chi connectivity index (χ4v) is 2.48. The fraction of sp³-hybridized carbons (Fsp3) is 0.333. The number of primary amides is 1. The molecular weight excluding hydrogens is 266 g/mol. The van der Waals surface area contributed by atoms with E-state index in [0.717, 1.165) is 23.6 Å². The van der Waals surface area contributed by atoms with Crippen molar-refractivity contribution in [1.82, 2.24) is 9.78 Å². The van der Waals surface area contributed by atoms with E-state index in [4.69, 9.17) is 11.5 Å². The number of carbonyl (C=O) groups is 1. The number of nitrogens with zero attached hydrogens (tertiary/aromatic N) is 3. The minimum absolute atomic E-state index is 0.452. The molecule has 0 spiro atoms. The highest BCUT2D eigenvalue weighted by atomic mass is 16.1. The molecule has 0 fully saturated rings. The summed E-state index contributed by atoms with van der Waals surface area (Å²) >= 11 is 0. The Hall–Kier alpha value is -2.50. The van der Waals surface area contributed by atoms with Crippen LogP contribution in [-0.2, 0) is 13.6 Å². The molecule has 0 unspecified atom stereocenters. The van der Waals surface area contributed by atoms with Gasteiger partial charge >= 0.3 is 0 Å². The molecule has 0 aliphatic rings. The van der Waals surface area contributed by atoms with Gasteiger partial charge in [0.2, 0.25) is 0 Å². The van der Waals surface area contributed by atoms with Crippen LogP contribution in [0.3, 0.4) is 0 Å². The van der Waals surface area contributed by atoms with Crippen molar-refractivity contribution >= 4 is 17.4 Å². The number of nitrogen functional groups attached to an aromatic ring is 1. The summed E-state index contributed by atoms with van der Waals surface area (Å²) in [5, 5.41) is 4.31. The standard InChI is InChI=1S/C15H21N5O/c1-4-20(9-11-5-7-12(16)8-6-11)15-13(14(17)21)10(2)18-19(15)3/h5-8H,4,9,16H2,1-3H3,(H2,17,21). The molecule has 1 aromatic carbocycles. The molecule has 1 heterocycles. The molecule has 0 aliphatic carbocycles. The Morgan fingerprint density at radius 3 is 2.48 bits per heavy atom. The molecule has 2 rings (SSSR count). The summed E-state index contributed by atoms with van der Waals surface area (Å²) in [6, 6.07) is 7.69. The van der Waals surface area contributed by atoms with Crippen molar-refractivity contribution in [2.75, 3.05) is 17.2 Å². The van der Waals surface area contributed by atoms with Gasteiger partial charge < -0.3 is 16.4 Å². The van der Waals surface area contributed by atoms with E-state index in [1.165, 1.54) is 0 Å². The Kier molecular flexibility index (Phi) is 4.16. The number of hydrogen-bond acceptors (Lipinski definition) is 4. The molecule has 0 radical (unpaired) electrons. The maximum Gasteiger partial charge on any atom is 0.254 e. The topological polar surface area (TPSA) is 90.2 Å². The van der Waals surface area contributed by atoms with E-state index in [1.54, 1.807) is 11.6 Å². The second kappa shape index (κ2) is 5.87. The van der Waals surface area contributed by atoms with Crippen molar-refractivity contribution in [3.05, 3.63) is 41.1 Å². The molecule has 0 saturated heterocycles. The van der Waals surface area contributed by atoms with Crippen LogP contribution < -0.4 is 16.4 Å². The van der Waals surface area contributed by atoms with E-state index in [2.05, 4.69) is 10.00 Å². The first-order chi connectivity index (χ1) is 9.93. The average molecular weight is 287 g/mol. The van der Waals surface area contributed by atoms with Gasteiger partial charge in [-0.3, -0.25) is 9.48 Å². The Morgan fingerprint density at radius 1 is 1.33 bits per heavy atom. The van der Waals surface area contributed by atoms with Crippen LogP contribution >= 0.6 is 0 Å². The summed E-state index contributed by atoms with van der Waals surface area (Å²) in [6.07, 6.45) is 0. The van der Waals surface area contributed by atoms with Crippen LogP contribution in [0.15, 0.2) is 24.3 Å². The van der Waals surface area contributed by atoms with Gasteiger partial charge in [0.25, 0.3) is 5.91 Å². The highest BCUT2D eigenvalue weighted by molar-refractivity contribution is 5.99. The molecule has 6 nitrogen and oxygen atoms in total. The second-order valence-corrected chi connectivity index (χ2v) is 5.03. The number of anilines is 2. The molecule has 0 saturated carbocycles. The largest absolute Gasteiger partial charge is 0.399 e. The van der Waals surface area contributed by atoms with Crippen molar-refractivity contribution in [1.29, 1.82) is 0 Å². The van der Waals surface area contributed by atoms with Gasteiger partial charge in [-0.25, -0.2) is 0 Å². The number of carbonyl (C=O) groups excluding carboxylic acids is 1. The van der Waals surface area contributed by atoms with Gasteiger partial charge in [0.15, 0.2) is 0 Å². The summed E-state index contributed by atoms with van der Waals surface area (Å²) in [6.45, 7) is 5.23. The normalized spacial score (nSPS) is 10.6. The third-order valence-electron chi connectivity index (χ3n) is 3.47. The smallest absolute Gasteiger partial charge is 0.254 e. The van der Waals surface area contributed by atoms with Crippen molar-refractivity contribution in [2.24, 2.45) is 12.8 Å². The molecule has 0 bridgehead atoms. The summed E-state index contributed by atoms with van der Waals surface area (Å²) < 4.78 is 1.70. The van der Waals surface area contributed by atoms with Gasteiger partial charge in [-0.05, 0) is 31.5 Å². The highest BCUT2D eigenvalue weighted by Crippen LogP contribution is 2.24.